The normalized spacial score (nSPS) is 18.1. The van der Waals surface area contributed by atoms with Gasteiger partial charge in [0.05, 0.1) is 11.0 Å². The van der Waals surface area contributed by atoms with Crippen LogP contribution in [0.1, 0.15) is 44.1 Å². The second-order valence-electron chi connectivity index (χ2n) is 8.04. The summed E-state index contributed by atoms with van der Waals surface area (Å²) in [6.07, 6.45) is 2.70. The molecule has 1 saturated heterocycles. The van der Waals surface area contributed by atoms with E-state index in [0.717, 1.165) is 0 Å². The van der Waals surface area contributed by atoms with Gasteiger partial charge in [-0.2, -0.15) is 0 Å². The van der Waals surface area contributed by atoms with Gasteiger partial charge in [0.25, 0.3) is 5.91 Å². The molecule has 0 radical (unpaired) electrons. The second-order valence-corrected chi connectivity index (χ2v) is 8.04. The van der Waals surface area contributed by atoms with Gasteiger partial charge in [-0.25, -0.2) is 9.78 Å². The Bertz CT molecular complexity index is 922. The third-order valence-electron chi connectivity index (χ3n) is 4.90. The molecule has 2 amide bonds. The number of aliphatic carboxylic acids is 1. The molecule has 0 saturated carbocycles. The minimum Gasteiger partial charge on any atom is -0.480 e. The standard InChI is InChI=1S/C20H24N4O4/c1-20(2,3)16(18(26)24-11-5-7-15(24)19(27)28)23-17(25)14-9-8-12-13(22-14)6-4-10-21-12/h4,6,8-10,15-16H,5,7,11H2,1-3H3,(H,23,25)(H,27,28)/t15-,16+/m1/s1. The molecule has 0 aromatic carbocycles. The molecule has 3 rings (SSSR count). The summed E-state index contributed by atoms with van der Waals surface area (Å²) in [6.45, 7) is 5.87. The van der Waals surface area contributed by atoms with Crippen LogP contribution >= 0.6 is 0 Å². The van der Waals surface area contributed by atoms with Crippen molar-refractivity contribution < 1.29 is 19.5 Å². The predicted molar refractivity (Wildman–Crippen MR) is 103 cm³/mol. The molecule has 0 bridgehead atoms. The number of likely N-dealkylation sites (tertiary alicyclic amines) is 1. The SMILES string of the molecule is CC(C)(C)[C@@H](NC(=O)c1ccc2ncccc2n1)C(=O)N1CCC[C@@H]1C(=O)O. The summed E-state index contributed by atoms with van der Waals surface area (Å²) in [5, 5.41) is 12.1. The fourth-order valence-electron chi connectivity index (χ4n) is 3.39. The second kappa shape index (κ2) is 7.53. The molecule has 2 atom stereocenters. The van der Waals surface area contributed by atoms with E-state index < -0.39 is 29.4 Å². The Hall–Kier alpha value is -3.03. The molecule has 0 spiro atoms. The van der Waals surface area contributed by atoms with E-state index >= 15 is 0 Å². The van der Waals surface area contributed by atoms with Crippen LogP contribution in [0.25, 0.3) is 11.0 Å². The van der Waals surface area contributed by atoms with Crippen molar-refractivity contribution in [3.05, 3.63) is 36.2 Å². The molecule has 1 aliphatic rings. The largest absolute Gasteiger partial charge is 0.480 e. The molecule has 8 heteroatoms. The smallest absolute Gasteiger partial charge is 0.326 e. The van der Waals surface area contributed by atoms with Crippen molar-refractivity contribution in [2.24, 2.45) is 5.41 Å². The Morgan fingerprint density at radius 2 is 1.96 bits per heavy atom. The topological polar surface area (TPSA) is 112 Å². The van der Waals surface area contributed by atoms with Crippen molar-refractivity contribution >= 4 is 28.8 Å². The third kappa shape index (κ3) is 3.95. The van der Waals surface area contributed by atoms with Crippen LogP contribution in [0.4, 0.5) is 0 Å². The van der Waals surface area contributed by atoms with E-state index in [2.05, 4.69) is 15.3 Å². The third-order valence-corrected chi connectivity index (χ3v) is 4.90. The molecule has 0 unspecified atom stereocenters. The molecule has 2 N–H and O–H groups in total. The first-order valence-corrected chi connectivity index (χ1v) is 9.24. The lowest BCUT2D eigenvalue weighted by atomic mass is 9.85. The highest BCUT2D eigenvalue weighted by Gasteiger charge is 2.42. The van der Waals surface area contributed by atoms with Crippen LogP contribution in [-0.4, -0.2) is 56.4 Å². The van der Waals surface area contributed by atoms with Crippen LogP contribution in [-0.2, 0) is 9.59 Å². The van der Waals surface area contributed by atoms with Crippen molar-refractivity contribution in [3.63, 3.8) is 0 Å². The van der Waals surface area contributed by atoms with Crippen molar-refractivity contribution in [1.82, 2.24) is 20.2 Å². The van der Waals surface area contributed by atoms with Gasteiger partial charge in [0, 0.05) is 12.7 Å². The van der Waals surface area contributed by atoms with E-state index in [1.54, 1.807) is 30.5 Å². The molecule has 3 heterocycles. The molecule has 1 fully saturated rings. The van der Waals surface area contributed by atoms with Gasteiger partial charge in [-0.05, 0) is 42.5 Å². The number of amides is 2. The Labute approximate surface area is 163 Å². The van der Waals surface area contributed by atoms with E-state index in [-0.39, 0.29) is 11.6 Å². The van der Waals surface area contributed by atoms with Crippen molar-refractivity contribution in [2.45, 2.75) is 45.7 Å². The van der Waals surface area contributed by atoms with Gasteiger partial charge < -0.3 is 15.3 Å². The molecule has 1 aliphatic heterocycles. The van der Waals surface area contributed by atoms with Gasteiger partial charge in [0.2, 0.25) is 5.91 Å². The molecule has 28 heavy (non-hydrogen) atoms. The van der Waals surface area contributed by atoms with Gasteiger partial charge in [-0.3, -0.25) is 14.6 Å². The van der Waals surface area contributed by atoms with Crippen LogP contribution in [0.5, 0.6) is 0 Å². The van der Waals surface area contributed by atoms with Gasteiger partial charge in [0.15, 0.2) is 0 Å². The summed E-state index contributed by atoms with van der Waals surface area (Å²) in [7, 11) is 0. The van der Waals surface area contributed by atoms with Crippen LogP contribution in [0.2, 0.25) is 0 Å². The number of aromatic nitrogens is 2. The van der Waals surface area contributed by atoms with E-state index in [0.29, 0.717) is 30.4 Å². The minimum atomic E-state index is -1.02. The van der Waals surface area contributed by atoms with Crippen LogP contribution in [0.3, 0.4) is 0 Å². The Balaban J connectivity index is 1.84. The summed E-state index contributed by atoms with van der Waals surface area (Å²) >= 11 is 0. The number of hydrogen-bond acceptors (Lipinski definition) is 5. The average molecular weight is 384 g/mol. The van der Waals surface area contributed by atoms with Gasteiger partial charge in [-0.1, -0.05) is 20.8 Å². The van der Waals surface area contributed by atoms with E-state index in [1.807, 2.05) is 20.8 Å². The maximum Gasteiger partial charge on any atom is 0.326 e. The number of carboxylic acids is 1. The van der Waals surface area contributed by atoms with Gasteiger partial charge in [0.1, 0.15) is 17.8 Å². The number of carbonyl (C=O) groups excluding carboxylic acids is 2. The van der Waals surface area contributed by atoms with E-state index in [1.165, 1.54) is 4.90 Å². The number of carbonyl (C=O) groups is 3. The number of carboxylic acid groups (broad SMARTS) is 1. The highest BCUT2D eigenvalue weighted by atomic mass is 16.4. The fourth-order valence-corrected chi connectivity index (χ4v) is 3.39. The Morgan fingerprint density at radius 1 is 1.21 bits per heavy atom. The molecule has 2 aromatic heterocycles. The van der Waals surface area contributed by atoms with Crippen molar-refractivity contribution in [3.8, 4) is 0 Å². The lowest BCUT2D eigenvalue weighted by Gasteiger charge is -2.34. The summed E-state index contributed by atoms with van der Waals surface area (Å²) < 4.78 is 0. The van der Waals surface area contributed by atoms with Crippen molar-refractivity contribution in [1.29, 1.82) is 0 Å². The molecule has 8 nitrogen and oxygen atoms in total. The van der Waals surface area contributed by atoms with E-state index in [9.17, 15) is 19.5 Å². The number of rotatable bonds is 4. The van der Waals surface area contributed by atoms with Gasteiger partial charge >= 0.3 is 5.97 Å². The number of fused-ring (bicyclic) bond motifs is 1. The first-order valence-electron chi connectivity index (χ1n) is 9.24. The number of hydrogen-bond donors (Lipinski definition) is 2. The maximum absolute atomic E-state index is 13.1. The first kappa shape index (κ1) is 19.7. The lowest BCUT2D eigenvalue weighted by Crippen LogP contribution is -2.56. The van der Waals surface area contributed by atoms with E-state index in [4.69, 9.17) is 0 Å². The molecule has 0 aliphatic carbocycles. The zero-order chi connectivity index (χ0) is 20.5. The fraction of sp³-hybridized carbons (Fsp3) is 0.450. The summed E-state index contributed by atoms with van der Waals surface area (Å²) in [4.78, 5) is 47.2. The first-order chi connectivity index (χ1) is 13.2. The quantitative estimate of drug-likeness (QED) is 0.832. The summed E-state index contributed by atoms with van der Waals surface area (Å²) in [5.41, 5.74) is 0.832. The minimum absolute atomic E-state index is 0.179. The number of nitrogens with zero attached hydrogens (tertiary/aromatic N) is 3. The Kier molecular flexibility index (Phi) is 5.31. The summed E-state index contributed by atoms with van der Waals surface area (Å²) in [5.74, 6) is -1.88. The van der Waals surface area contributed by atoms with Crippen LogP contribution < -0.4 is 5.32 Å². The number of nitrogens with one attached hydrogen (secondary N) is 1. The maximum atomic E-state index is 13.1. The Morgan fingerprint density at radius 3 is 2.64 bits per heavy atom. The monoisotopic (exact) mass is 384 g/mol. The highest BCUT2D eigenvalue weighted by molar-refractivity contribution is 5.98. The lowest BCUT2D eigenvalue weighted by molar-refractivity contribution is -0.150. The molecule has 2 aromatic rings. The molecular weight excluding hydrogens is 360 g/mol. The summed E-state index contributed by atoms with van der Waals surface area (Å²) in [6, 6.07) is 5.03. The molecular formula is C20H24N4O4. The average Bonchev–Trinajstić information content (AvgIpc) is 3.14. The zero-order valence-electron chi connectivity index (χ0n) is 16.2. The van der Waals surface area contributed by atoms with Crippen molar-refractivity contribution in [2.75, 3.05) is 6.54 Å². The van der Waals surface area contributed by atoms with Crippen LogP contribution in [0.15, 0.2) is 30.5 Å². The molecule has 148 valence electrons. The van der Waals surface area contributed by atoms with Gasteiger partial charge in [-0.15, -0.1) is 0 Å². The number of pyridine rings is 2. The zero-order valence-corrected chi connectivity index (χ0v) is 16.2. The predicted octanol–water partition coefficient (Wildman–Crippen LogP) is 1.85. The highest BCUT2D eigenvalue weighted by Crippen LogP contribution is 2.26. The van der Waals surface area contributed by atoms with Crippen LogP contribution in [0, 0.1) is 5.41 Å².